The van der Waals surface area contributed by atoms with E-state index in [0.29, 0.717) is 0 Å². The molecule has 0 aliphatic rings. The minimum atomic E-state index is -0.306. The topological polar surface area (TPSA) is 55.1 Å². The van der Waals surface area contributed by atoms with Crippen LogP contribution < -0.4 is 11.3 Å². The molecule has 88 valence electrons. The number of thiophene rings is 1. The van der Waals surface area contributed by atoms with Gasteiger partial charge in [0, 0.05) is 0 Å². The molecule has 3 N–H and O–H groups in total. The lowest BCUT2D eigenvalue weighted by Crippen LogP contribution is -2.33. The van der Waals surface area contributed by atoms with Crippen molar-refractivity contribution >= 4 is 29.0 Å². The lowest BCUT2D eigenvalue weighted by Gasteiger charge is -2.14. The van der Waals surface area contributed by atoms with Gasteiger partial charge >= 0.3 is 0 Å². The third-order valence-electron chi connectivity index (χ3n) is 2.21. The van der Waals surface area contributed by atoms with Gasteiger partial charge in [-0.3, -0.25) is 10.2 Å². The number of amides is 1. The molecule has 0 saturated carbocycles. The Labute approximate surface area is 108 Å². The smallest absolute Gasteiger partial charge is 0.251 e. The number of hydrogen-bond donors (Lipinski definition) is 2. The number of benzene rings is 1. The third kappa shape index (κ3) is 3.09. The van der Waals surface area contributed by atoms with E-state index in [1.807, 2.05) is 47.8 Å². The van der Waals surface area contributed by atoms with Crippen molar-refractivity contribution in [2.45, 2.75) is 9.46 Å². The molecule has 5 heteroatoms. The molecule has 0 bridgehead atoms. The van der Waals surface area contributed by atoms with Gasteiger partial charge in [-0.2, -0.15) is 0 Å². The lowest BCUT2D eigenvalue weighted by molar-refractivity contribution is -0.120. The van der Waals surface area contributed by atoms with E-state index in [-0.39, 0.29) is 11.2 Å². The van der Waals surface area contributed by atoms with Crippen molar-refractivity contribution in [2.24, 2.45) is 5.84 Å². The minimum Gasteiger partial charge on any atom is -0.293 e. The van der Waals surface area contributed by atoms with Crippen LogP contribution in [0.4, 0.5) is 0 Å². The first-order valence-corrected chi connectivity index (χ1v) is 6.83. The molecule has 1 aromatic heterocycles. The molecule has 3 nitrogen and oxygen atoms in total. The standard InChI is InChI=1S/C12H12N2OS2/c13-14-12(15)11(9-5-2-1-3-6-9)17-10-7-4-8-16-10/h1-8,11H,13H2,(H,14,15). The Morgan fingerprint density at radius 1 is 1.24 bits per heavy atom. The molecule has 0 fully saturated rings. The summed E-state index contributed by atoms with van der Waals surface area (Å²) in [7, 11) is 0. The fourth-order valence-corrected chi connectivity index (χ4v) is 3.41. The summed E-state index contributed by atoms with van der Waals surface area (Å²) in [6.07, 6.45) is 0. The van der Waals surface area contributed by atoms with Crippen LogP contribution in [0.2, 0.25) is 0 Å². The van der Waals surface area contributed by atoms with Crippen LogP contribution in [-0.2, 0) is 4.79 Å². The van der Waals surface area contributed by atoms with Crippen LogP contribution in [0, 0.1) is 0 Å². The van der Waals surface area contributed by atoms with Gasteiger partial charge in [-0.1, -0.05) is 48.2 Å². The molecule has 17 heavy (non-hydrogen) atoms. The Hall–Kier alpha value is -1.30. The average Bonchev–Trinajstić information content (AvgIpc) is 2.89. The molecule has 0 aliphatic heterocycles. The van der Waals surface area contributed by atoms with Gasteiger partial charge in [0.15, 0.2) is 0 Å². The third-order valence-corrected chi connectivity index (χ3v) is 4.54. The second-order valence-electron chi connectivity index (χ2n) is 3.35. The first-order chi connectivity index (χ1) is 8.31. The summed E-state index contributed by atoms with van der Waals surface area (Å²) in [5.41, 5.74) is 3.17. The van der Waals surface area contributed by atoms with Crippen molar-refractivity contribution in [3.63, 3.8) is 0 Å². The van der Waals surface area contributed by atoms with Gasteiger partial charge in [0.25, 0.3) is 5.91 Å². The highest BCUT2D eigenvalue weighted by molar-refractivity contribution is 8.02. The molecule has 0 aliphatic carbocycles. The molecule has 0 spiro atoms. The summed E-state index contributed by atoms with van der Waals surface area (Å²) < 4.78 is 1.10. The Kier molecular flexibility index (Phi) is 4.19. The van der Waals surface area contributed by atoms with E-state index in [1.54, 1.807) is 11.3 Å². The van der Waals surface area contributed by atoms with Gasteiger partial charge in [0.1, 0.15) is 5.25 Å². The van der Waals surface area contributed by atoms with E-state index >= 15 is 0 Å². The minimum absolute atomic E-state index is 0.186. The second kappa shape index (κ2) is 5.86. The lowest BCUT2D eigenvalue weighted by atomic mass is 10.1. The van der Waals surface area contributed by atoms with Crippen LogP contribution in [0.15, 0.2) is 52.1 Å². The zero-order valence-electron chi connectivity index (χ0n) is 9.00. The van der Waals surface area contributed by atoms with Crippen LogP contribution in [0.5, 0.6) is 0 Å². The number of carbonyl (C=O) groups is 1. The van der Waals surface area contributed by atoms with Gasteiger partial charge < -0.3 is 0 Å². The van der Waals surface area contributed by atoms with E-state index in [9.17, 15) is 4.79 Å². The van der Waals surface area contributed by atoms with Gasteiger partial charge in [0.05, 0.1) is 4.21 Å². The molecular weight excluding hydrogens is 252 g/mol. The molecule has 2 rings (SSSR count). The van der Waals surface area contributed by atoms with Crippen molar-refractivity contribution in [2.75, 3.05) is 0 Å². The highest BCUT2D eigenvalue weighted by Gasteiger charge is 2.21. The molecule has 1 heterocycles. The van der Waals surface area contributed by atoms with Crippen LogP contribution in [0.25, 0.3) is 0 Å². The maximum Gasteiger partial charge on any atom is 0.251 e. The number of rotatable bonds is 4. The molecule has 2 aromatic rings. The molecule has 1 unspecified atom stereocenters. The summed E-state index contributed by atoms with van der Waals surface area (Å²) in [5.74, 6) is 5.04. The number of nitrogens with one attached hydrogen (secondary N) is 1. The van der Waals surface area contributed by atoms with Gasteiger partial charge in [-0.15, -0.1) is 11.3 Å². The average molecular weight is 264 g/mol. The number of nitrogens with two attached hydrogens (primary N) is 1. The van der Waals surface area contributed by atoms with Gasteiger partial charge in [0.2, 0.25) is 0 Å². The SMILES string of the molecule is NNC(=O)C(Sc1cccs1)c1ccccc1. The first kappa shape index (κ1) is 12.2. The molecule has 1 atom stereocenters. The summed E-state index contributed by atoms with van der Waals surface area (Å²) in [5, 5.41) is 1.69. The number of thioether (sulfide) groups is 1. The molecule has 0 saturated heterocycles. The van der Waals surface area contributed by atoms with E-state index in [4.69, 9.17) is 5.84 Å². The Balaban J connectivity index is 2.23. The summed E-state index contributed by atoms with van der Waals surface area (Å²) in [6, 6.07) is 13.6. The fraction of sp³-hybridized carbons (Fsp3) is 0.0833. The van der Waals surface area contributed by atoms with Crippen molar-refractivity contribution in [1.82, 2.24) is 5.43 Å². The van der Waals surface area contributed by atoms with E-state index < -0.39 is 0 Å². The summed E-state index contributed by atoms with van der Waals surface area (Å²) >= 11 is 3.12. The fourth-order valence-electron chi connectivity index (χ4n) is 1.42. The number of hydrogen-bond acceptors (Lipinski definition) is 4. The quantitative estimate of drug-likeness (QED) is 0.386. The summed E-state index contributed by atoms with van der Waals surface area (Å²) in [4.78, 5) is 11.8. The van der Waals surface area contributed by atoms with Crippen LogP contribution in [0.1, 0.15) is 10.8 Å². The van der Waals surface area contributed by atoms with Crippen molar-refractivity contribution in [1.29, 1.82) is 0 Å². The number of carbonyl (C=O) groups excluding carboxylic acids is 1. The highest BCUT2D eigenvalue weighted by Crippen LogP contribution is 2.37. The maximum absolute atomic E-state index is 11.8. The normalized spacial score (nSPS) is 12.1. The van der Waals surface area contributed by atoms with E-state index in [1.165, 1.54) is 11.8 Å². The van der Waals surface area contributed by atoms with Crippen molar-refractivity contribution < 1.29 is 4.79 Å². The monoisotopic (exact) mass is 264 g/mol. The predicted molar refractivity (Wildman–Crippen MR) is 71.7 cm³/mol. The van der Waals surface area contributed by atoms with Crippen molar-refractivity contribution in [3.05, 3.63) is 53.4 Å². The highest BCUT2D eigenvalue weighted by atomic mass is 32.2. The van der Waals surface area contributed by atoms with Crippen LogP contribution >= 0.6 is 23.1 Å². The van der Waals surface area contributed by atoms with Gasteiger partial charge in [-0.05, 0) is 17.0 Å². The van der Waals surface area contributed by atoms with E-state index in [0.717, 1.165) is 9.77 Å². The second-order valence-corrected chi connectivity index (χ2v) is 5.70. The summed E-state index contributed by atoms with van der Waals surface area (Å²) in [6.45, 7) is 0. The molecular formula is C12H12N2OS2. The first-order valence-electron chi connectivity index (χ1n) is 5.07. The molecule has 1 aromatic carbocycles. The Morgan fingerprint density at radius 2 is 2.00 bits per heavy atom. The number of hydrazine groups is 1. The van der Waals surface area contributed by atoms with Gasteiger partial charge in [-0.25, -0.2) is 5.84 Å². The predicted octanol–water partition coefficient (Wildman–Crippen LogP) is 2.57. The zero-order chi connectivity index (χ0) is 12.1. The molecule has 0 radical (unpaired) electrons. The zero-order valence-corrected chi connectivity index (χ0v) is 10.6. The van der Waals surface area contributed by atoms with Crippen LogP contribution in [0.3, 0.4) is 0 Å². The van der Waals surface area contributed by atoms with Crippen LogP contribution in [-0.4, -0.2) is 5.91 Å². The molecule has 1 amide bonds. The van der Waals surface area contributed by atoms with E-state index in [2.05, 4.69) is 5.43 Å². The van der Waals surface area contributed by atoms with Crippen molar-refractivity contribution in [3.8, 4) is 0 Å². The maximum atomic E-state index is 11.8. The largest absolute Gasteiger partial charge is 0.293 e. The Bertz CT molecular complexity index is 471. The Morgan fingerprint density at radius 3 is 2.59 bits per heavy atom.